The minimum atomic E-state index is -0.215. The number of benzene rings is 1. The summed E-state index contributed by atoms with van der Waals surface area (Å²) in [5.41, 5.74) is 3.21. The third-order valence-electron chi connectivity index (χ3n) is 2.71. The van der Waals surface area contributed by atoms with E-state index in [0.29, 0.717) is 5.56 Å². The van der Waals surface area contributed by atoms with Gasteiger partial charge in [-0.1, -0.05) is 24.3 Å². The Kier molecular flexibility index (Phi) is 3.42. The normalized spacial score (nSPS) is 11.1. The van der Waals surface area contributed by atoms with Crippen LogP contribution in [-0.4, -0.2) is 9.78 Å². The first kappa shape index (κ1) is 12.3. The topological polar surface area (TPSA) is 17.8 Å². The zero-order valence-corrected chi connectivity index (χ0v) is 10.5. The summed E-state index contributed by atoms with van der Waals surface area (Å²) in [4.78, 5) is 0. The van der Waals surface area contributed by atoms with E-state index < -0.39 is 0 Å². The van der Waals surface area contributed by atoms with Gasteiger partial charge in [-0.2, -0.15) is 5.10 Å². The number of hydrogen-bond acceptors (Lipinski definition) is 1. The van der Waals surface area contributed by atoms with E-state index in [1.807, 2.05) is 31.3 Å². The zero-order chi connectivity index (χ0) is 13.1. The number of allylic oxidation sites excluding steroid dienone is 2. The van der Waals surface area contributed by atoms with Crippen molar-refractivity contribution in [2.45, 2.75) is 13.8 Å². The van der Waals surface area contributed by atoms with Gasteiger partial charge in [-0.15, -0.1) is 0 Å². The van der Waals surface area contributed by atoms with Gasteiger partial charge in [0.25, 0.3) is 0 Å². The van der Waals surface area contributed by atoms with E-state index in [9.17, 15) is 4.39 Å². The van der Waals surface area contributed by atoms with Gasteiger partial charge in [-0.05, 0) is 37.6 Å². The van der Waals surface area contributed by atoms with Crippen LogP contribution in [0.4, 0.5) is 4.39 Å². The SMILES string of the molecule is C=C(C)/C=C\c1c(-n2cccn2)ccc(F)c1C. The van der Waals surface area contributed by atoms with Crippen molar-refractivity contribution in [3.63, 3.8) is 0 Å². The average molecular weight is 242 g/mol. The first-order chi connectivity index (χ1) is 8.59. The Hall–Kier alpha value is -2.16. The first-order valence-electron chi connectivity index (χ1n) is 5.72. The van der Waals surface area contributed by atoms with E-state index in [0.717, 1.165) is 16.8 Å². The first-order valence-corrected chi connectivity index (χ1v) is 5.72. The number of hydrogen-bond donors (Lipinski definition) is 0. The van der Waals surface area contributed by atoms with Crippen molar-refractivity contribution in [1.29, 1.82) is 0 Å². The molecule has 0 fully saturated rings. The van der Waals surface area contributed by atoms with Gasteiger partial charge in [0.1, 0.15) is 5.82 Å². The predicted octanol–water partition coefficient (Wildman–Crippen LogP) is 3.91. The molecule has 0 saturated carbocycles. The van der Waals surface area contributed by atoms with Crippen molar-refractivity contribution >= 4 is 6.08 Å². The molecule has 2 rings (SSSR count). The molecule has 0 aliphatic heterocycles. The molecule has 0 amide bonds. The van der Waals surface area contributed by atoms with Crippen LogP contribution >= 0.6 is 0 Å². The quantitative estimate of drug-likeness (QED) is 0.746. The van der Waals surface area contributed by atoms with E-state index in [1.165, 1.54) is 6.07 Å². The Morgan fingerprint density at radius 1 is 1.44 bits per heavy atom. The van der Waals surface area contributed by atoms with Crippen molar-refractivity contribution < 1.29 is 4.39 Å². The predicted molar refractivity (Wildman–Crippen MR) is 72.1 cm³/mol. The van der Waals surface area contributed by atoms with Gasteiger partial charge in [-0.3, -0.25) is 0 Å². The van der Waals surface area contributed by atoms with Gasteiger partial charge in [-0.25, -0.2) is 9.07 Å². The van der Waals surface area contributed by atoms with Gasteiger partial charge in [0.15, 0.2) is 0 Å². The molecule has 0 radical (unpaired) electrons. The maximum Gasteiger partial charge on any atom is 0.126 e. The highest BCUT2D eigenvalue weighted by Crippen LogP contribution is 2.22. The Labute approximate surface area is 106 Å². The van der Waals surface area contributed by atoms with Gasteiger partial charge in [0.2, 0.25) is 0 Å². The molecule has 1 aromatic carbocycles. The summed E-state index contributed by atoms with van der Waals surface area (Å²) in [6.07, 6.45) is 7.28. The van der Waals surface area contributed by atoms with Crippen LogP contribution in [0.2, 0.25) is 0 Å². The molecule has 0 bridgehead atoms. The van der Waals surface area contributed by atoms with Crippen LogP contribution in [0.1, 0.15) is 18.1 Å². The Bertz CT molecular complexity index is 595. The van der Waals surface area contributed by atoms with Crippen LogP contribution in [0.15, 0.2) is 48.8 Å². The van der Waals surface area contributed by atoms with Gasteiger partial charge in [0.05, 0.1) is 5.69 Å². The summed E-state index contributed by atoms with van der Waals surface area (Å²) in [6, 6.07) is 5.03. The van der Waals surface area contributed by atoms with Crippen molar-refractivity contribution in [2.75, 3.05) is 0 Å². The fraction of sp³-hybridized carbons (Fsp3) is 0.133. The van der Waals surface area contributed by atoms with Crippen LogP contribution in [-0.2, 0) is 0 Å². The largest absolute Gasteiger partial charge is 0.240 e. The minimum absolute atomic E-state index is 0.215. The Balaban J connectivity index is 2.60. The molecule has 0 saturated heterocycles. The lowest BCUT2D eigenvalue weighted by atomic mass is 10.0. The molecule has 3 heteroatoms. The fourth-order valence-electron chi connectivity index (χ4n) is 1.73. The second-order valence-corrected chi connectivity index (χ2v) is 4.24. The number of aromatic nitrogens is 2. The number of rotatable bonds is 3. The maximum absolute atomic E-state index is 13.6. The average Bonchev–Trinajstić information content (AvgIpc) is 2.84. The molecule has 2 aromatic rings. The van der Waals surface area contributed by atoms with E-state index >= 15 is 0 Å². The van der Waals surface area contributed by atoms with Crippen LogP contribution in [0.5, 0.6) is 0 Å². The molecule has 0 spiro atoms. The van der Waals surface area contributed by atoms with Crippen LogP contribution < -0.4 is 0 Å². The summed E-state index contributed by atoms with van der Waals surface area (Å²) >= 11 is 0. The molecule has 92 valence electrons. The Morgan fingerprint density at radius 2 is 2.22 bits per heavy atom. The van der Waals surface area contributed by atoms with Crippen molar-refractivity contribution in [3.05, 3.63) is 65.8 Å². The molecule has 0 unspecified atom stereocenters. The molecule has 1 heterocycles. The fourth-order valence-corrected chi connectivity index (χ4v) is 1.73. The highest BCUT2D eigenvalue weighted by atomic mass is 19.1. The standard InChI is InChI=1S/C15H15FN2/c1-11(2)5-6-13-12(3)14(16)7-8-15(13)18-10-4-9-17-18/h4-10H,1H2,2-3H3/b6-5-. The Morgan fingerprint density at radius 3 is 2.83 bits per heavy atom. The van der Waals surface area contributed by atoms with Gasteiger partial charge < -0.3 is 0 Å². The lowest BCUT2D eigenvalue weighted by Gasteiger charge is -2.10. The van der Waals surface area contributed by atoms with E-state index in [2.05, 4.69) is 11.7 Å². The third kappa shape index (κ3) is 2.40. The molecule has 0 aliphatic carbocycles. The molecule has 18 heavy (non-hydrogen) atoms. The molecule has 2 nitrogen and oxygen atoms in total. The highest BCUT2D eigenvalue weighted by Gasteiger charge is 2.09. The molecule has 0 aliphatic rings. The molecule has 0 atom stereocenters. The minimum Gasteiger partial charge on any atom is -0.240 e. The molecule has 1 aromatic heterocycles. The van der Waals surface area contributed by atoms with Crippen LogP contribution in [0.3, 0.4) is 0 Å². The molecule has 0 N–H and O–H groups in total. The van der Waals surface area contributed by atoms with E-state index in [-0.39, 0.29) is 5.82 Å². The van der Waals surface area contributed by atoms with Gasteiger partial charge >= 0.3 is 0 Å². The molecular weight excluding hydrogens is 227 g/mol. The number of nitrogens with zero attached hydrogens (tertiary/aromatic N) is 2. The third-order valence-corrected chi connectivity index (χ3v) is 2.71. The number of halogens is 1. The van der Waals surface area contributed by atoms with E-state index in [1.54, 1.807) is 23.9 Å². The molecular formula is C15H15FN2. The summed E-state index contributed by atoms with van der Waals surface area (Å²) < 4.78 is 15.4. The maximum atomic E-state index is 13.6. The van der Waals surface area contributed by atoms with Crippen LogP contribution in [0, 0.1) is 12.7 Å². The van der Waals surface area contributed by atoms with Gasteiger partial charge in [0, 0.05) is 18.0 Å². The van der Waals surface area contributed by atoms with Crippen LogP contribution in [0.25, 0.3) is 11.8 Å². The lowest BCUT2D eigenvalue weighted by molar-refractivity contribution is 0.617. The highest BCUT2D eigenvalue weighted by molar-refractivity contribution is 5.65. The van der Waals surface area contributed by atoms with E-state index in [4.69, 9.17) is 0 Å². The van der Waals surface area contributed by atoms with Crippen molar-refractivity contribution in [1.82, 2.24) is 9.78 Å². The zero-order valence-electron chi connectivity index (χ0n) is 10.5. The summed E-state index contributed by atoms with van der Waals surface area (Å²) in [6.45, 7) is 7.48. The lowest BCUT2D eigenvalue weighted by Crippen LogP contribution is -2.00. The second kappa shape index (κ2) is 5.00. The second-order valence-electron chi connectivity index (χ2n) is 4.24. The smallest absolute Gasteiger partial charge is 0.126 e. The van der Waals surface area contributed by atoms with Crippen molar-refractivity contribution in [2.24, 2.45) is 0 Å². The summed E-state index contributed by atoms with van der Waals surface area (Å²) in [7, 11) is 0. The summed E-state index contributed by atoms with van der Waals surface area (Å²) in [5, 5.41) is 4.18. The van der Waals surface area contributed by atoms with Crippen molar-refractivity contribution in [3.8, 4) is 5.69 Å². The monoisotopic (exact) mass is 242 g/mol. The summed E-state index contributed by atoms with van der Waals surface area (Å²) in [5.74, 6) is -0.215.